The van der Waals surface area contributed by atoms with E-state index in [1.807, 2.05) is 20.8 Å². The summed E-state index contributed by atoms with van der Waals surface area (Å²) in [5, 5.41) is 8.95. The highest BCUT2D eigenvalue weighted by molar-refractivity contribution is 7.86. The second-order valence-electron chi connectivity index (χ2n) is 7.18. The molecule has 1 N–H and O–H groups in total. The number of hydrogen-bond donors (Lipinski definition) is 1. The lowest BCUT2D eigenvalue weighted by Crippen LogP contribution is -2.61. The third kappa shape index (κ3) is 4.65. The van der Waals surface area contributed by atoms with E-state index in [0.717, 1.165) is 19.3 Å². The first-order valence-electron chi connectivity index (χ1n) is 8.28. The molecule has 1 aliphatic carbocycles. The van der Waals surface area contributed by atoms with Gasteiger partial charge in [-0.25, -0.2) is 0 Å². The number of nitrogens with zero attached hydrogens (tertiary/aromatic N) is 2. The Balaban J connectivity index is 2.19. The highest BCUT2D eigenvalue weighted by Crippen LogP contribution is 2.33. The average Bonchev–Trinajstić information content (AvgIpc) is 3.23. The van der Waals surface area contributed by atoms with Crippen molar-refractivity contribution in [3.05, 3.63) is 0 Å². The second kappa shape index (κ2) is 7.04. The van der Waals surface area contributed by atoms with Crippen LogP contribution in [0.1, 0.15) is 46.5 Å². The fraction of sp³-hybridized carbons (Fsp3) is 0.933. The minimum absolute atomic E-state index is 0.0898. The van der Waals surface area contributed by atoms with Crippen molar-refractivity contribution in [1.29, 1.82) is 0 Å². The van der Waals surface area contributed by atoms with Crippen molar-refractivity contribution in [3.8, 4) is 0 Å². The first kappa shape index (κ1) is 18.6. The molecule has 1 aliphatic heterocycles. The second-order valence-corrected chi connectivity index (χ2v) is 9.04. The van der Waals surface area contributed by atoms with E-state index < -0.39 is 27.8 Å². The van der Waals surface area contributed by atoms with Gasteiger partial charge in [-0.3, -0.25) is 4.79 Å². The van der Waals surface area contributed by atoms with Gasteiger partial charge in [0, 0.05) is 19.6 Å². The van der Waals surface area contributed by atoms with Crippen LogP contribution in [-0.2, 0) is 19.7 Å². The summed E-state index contributed by atoms with van der Waals surface area (Å²) >= 11 is 0. The summed E-state index contributed by atoms with van der Waals surface area (Å²) in [6, 6.07) is 0. The molecule has 8 heteroatoms. The van der Waals surface area contributed by atoms with E-state index in [9.17, 15) is 13.2 Å². The predicted octanol–water partition coefficient (Wildman–Crippen LogP) is 1.31. The molecule has 2 fully saturated rings. The van der Waals surface area contributed by atoms with E-state index in [2.05, 4.69) is 0 Å². The number of carboxylic acids is 1. The van der Waals surface area contributed by atoms with Gasteiger partial charge in [0.25, 0.3) is 10.2 Å². The molecule has 0 spiro atoms. The normalized spacial score (nSPS) is 25.7. The fourth-order valence-corrected chi connectivity index (χ4v) is 5.00. The van der Waals surface area contributed by atoms with Crippen molar-refractivity contribution in [2.24, 2.45) is 5.92 Å². The molecular weight excluding hydrogens is 320 g/mol. The Hall–Kier alpha value is -0.700. The Bertz CT molecular complexity index is 530. The summed E-state index contributed by atoms with van der Waals surface area (Å²) in [6.07, 6.45) is 2.15. The van der Waals surface area contributed by atoms with Crippen molar-refractivity contribution < 1.29 is 23.1 Å². The Morgan fingerprint density at radius 2 is 2.04 bits per heavy atom. The van der Waals surface area contributed by atoms with Gasteiger partial charge in [0.15, 0.2) is 0 Å². The maximum Gasteiger partial charge on any atom is 0.306 e. The van der Waals surface area contributed by atoms with Crippen molar-refractivity contribution in [3.63, 3.8) is 0 Å². The number of ether oxygens (including phenoxy) is 1. The van der Waals surface area contributed by atoms with E-state index in [4.69, 9.17) is 9.84 Å². The van der Waals surface area contributed by atoms with Gasteiger partial charge in [0.2, 0.25) is 0 Å². The van der Waals surface area contributed by atoms with E-state index >= 15 is 0 Å². The topological polar surface area (TPSA) is 87.2 Å². The van der Waals surface area contributed by atoms with Gasteiger partial charge in [0.1, 0.15) is 0 Å². The zero-order chi connectivity index (χ0) is 17.3. The number of aliphatic carboxylic acids is 1. The summed E-state index contributed by atoms with van der Waals surface area (Å²) in [4.78, 5) is 10.9. The van der Waals surface area contributed by atoms with Crippen LogP contribution in [-0.4, -0.2) is 66.0 Å². The SMILES string of the molecule is CCCN(CC1CC1)S(=O)(=O)N1CC(CC(=O)O)OCC1(C)C. The van der Waals surface area contributed by atoms with Crippen LogP contribution in [0.4, 0.5) is 0 Å². The molecule has 2 rings (SSSR count). The molecule has 1 saturated heterocycles. The molecule has 1 atom stereocenters. The molecule has 0 aromatic rings. The molecule has 0 aromatic carbocycles. The fourth-order valence-electron chi connectivity index (χ4n) is 2.88. The van der Waals surface area contributed by atoms with E-state index in [1.165, 1.54) is 4.31 Å². The van der Waals surface area contributed by atoms with Gasteiger partial charge < -0.3 is 9.84 Å². The largest absolute Gasteiger partial charge is 0.481 e. The summed E-state index contributed by atoms with van der Waals surface area (Å²) in [5.74, 6) is -0.509. The maximum absolute atomic E-state index is 13.1. The van der Waals surface area contributed by atoms with Crippen LogP contribution < -0.4 is 0 Å². The quantitative estimate of drug-likeness (QED) is 0.714. The number of carboxylic acid groups (broad SMARTS) is 1. The zero-order valence-electron chi connectivity index (χ0n) is 14.2. The van der Waals surface area contributed by atoms with Gasteiger partial charge in [0.05, 0.1) is 24.7 Å². The number of hydrogen-bond acceptors (Lipinski definition) is 4. The van der Waals surface area contributed by atoms with Crippen molar-refractivity contribution in [1.82, 2.24) is 8.61 Å². The first-order chi connectivity index (χ1) is 10.7. The van der Waals surface area contributed by atoms with Gasteiger partial charge >= 0.3 is 5.97 Å². The van der Waals surface area contributed by atoms with Crippen LogP contribution in [0.15, 0.2) is 0 Å². The Morgan fingerprint density at radius 3 is 2.57 bits per heavy atom. The molecule has 1 unspecified atom stereocenters. The van der Waals surface area contributed by atoms with Crippen molar-refractivity contribution >= 4 is 16.2 Å². The van der Waals surface area contributed by atoms with Crippen LogP contribution in [0.2, 0.25) is 0 Å². The smallest absolute Gasteiger partial charge is 0.306 e. The highest BCUT2D eigenvalue weighted by Gasteiger charge is 2.45. The van der Waals surface area contributed by atoms with Gasteiger partial charge in [-0.2, -0.15) is 17.0 Å². The van der Waals surface area contributed by atoms with Crippen LogP contribution in [0, 0.1) is 5.92 Å². The minimum atomic E-state index is -3.62. The zero-order valence-corrected chi connectivity index (χ0v) is 15.0. The Morgan fingerprint density at radius 1 is 1.39 bits per heavy atom. The third-order valence-corrected chi connectivity index (χ3v) is 6.54. The minimum Gasteiger partial charge on any atom is -0.481 e. The van der Waals surface area contributed by atoms with Gasteiger partial charge in [-0.1, -0.05) is 6.92 Å². The van der Waals surface area contributed by atoms with Crippen LogP contribution >= 0.6 is 0 Å². The first-order valence-corrected chi connectivity index (χ1v) is 9.68. The molecule has 1 saturated carbocycles. The number of carbonyl (C=O) groups is 1. The predicted molar refractivity (Wildman–Crippen MR) is 86.3 cm³/mol. The average molecular weight is 348 g/mol. The summed E-state index contributed by atoms with van der Waals surface area (Å²) in [7, 11) is -3.62. The van der Waals surface area contributed by atoms with E-state index in [1.54, 1.807) is 4.31 Å². The maximum atomic E-state index is 13.1. The molecule has 0 amide bonds. The lowest BCUT2D eigenvalue weighted by molar-refractivity contribution is -0.144. The monoisotopic (exact) mass is 348 g/mol. The molecular formula is C15H28N2O5S. The van der Waals surface area contributed by atoms with Crippen LogP contribution in [0.25, 0.3) is 0 Å². The van der Waals surface area contributed by atoms with Gasteiger partial charge in [-0.15, -0.1) is 0 Å². The molecule has 134 valence electrons. The molecule has 2 aliphatic rings. The molecule has 0 radical (unpaired) electrons. The van der Waals surface area contributed by atoms with Crippen molar-refractivity contribution in [2.45, 2.75) is 58.1 Å². The van der Waals surface area contributed by atoms with Crippen LogP contribution in [0.3, 0.4) is 0 Å². The third-order valence-electron chi connectivity index (χ3n) is 4.36. The molecule has 7 nitrogen and oxygen atoms in total. The summed E-state index contributed by atoms with van der Waals surface area (Å²) < 4.78 is 34.8. The summed E-state index contributed by atoms with van der Waals surface area (Å²) in [6.45, 7) is 6.96. The van der Waals surface area contributed by atoms with Crippen molar-refractivity contribution in [2.75, 3.05) is 26.2 Å². The molecule has 0 bridgehead atoms. The Labute approximate surface area is 138 Å². The molecule has 1 heterocycles. The van der Waals surface area contributed by atoms with E-state index in [0.29, 0.717) is 19.0 Å². The summed E-state index contributed by atoms with van der Waals surface area (Å²) in [5.41, 5.74) is -0.677. The lowest BCUT2D eigenvalue weighted by atomic mass is 10.0. The molecule has 0 aromatic heterocycles. The van der Waals surface area contributed by atoms with Gasteiger partial charge in [-0.05, 0) is 39.0 Å². The number of rotatable bonds is 8. The Kier molecular flexibility index (Phi) is 5.71. The van der Waals surface area contributed by atoms with Crippen LogP contribution in [0.5, 0.6) is 0 Å². The number of morpholine rings is 1. The lowest BCUT2D eigenvalue weighted by Gasteiger charge is -2.45. The molecule has 23 heavy (non-hydrogen) atoms. The standard InChI is InChI=1S/C15H28N2O5S/c1-4-7-16(9-12-5-6-12)23(20,21)17-10-13(8-14(18)19)22-11-15(17,2)3/h12-13H,4-11H2,1-3H3,(H,18,19). The highest BCUT2D eigenvalue weighted by atomic mass is 32.2. The van der Waals surface area contributed by atoms with E-state index in [-0.39, 0.29) is 19.6 Å².